The van der Waals surface area contributed by atoms with Crippen LogP contribution in [0.4, 0.5) is 0 Å². The fraction of sp³-hybridized carbons (Fsp3) is 0.214. The van der Waals surface area contributed by atoms with E-state index in [1.807, 2.05) is 31.2 Å². The quantitative estimate of drug-likeness (QED) is 0.679. The minimum atomic E-state index is -0.337. The van der Waals surface area contributed by atoms with Gasteiger partial charge in [-0.15, -0.1) is 0 Å². The molecule has 110 valence electrons. The van der Waals surface area contributed by atoms with E-state index in [4.69, 9.17) is 4.74 Å². The van der Waals surface area contributed by atoms with Crippen molar-refractivity contribution in [1.29, 1.82) is 0 Å². The molecule has 0 spiro atoms. The fourth-order valence-corrected chi connectivity index (χ4v) is 2.38. The first-order chi connectivity index (χ1) is 10.0. The van der Waals surface area contributed by atoms with Crippen LogP contribution in [0.2, 0.25) is 0 Å². The molecule has 21 heavy (non-hydrogen) atoms. The standard InChI is InChI=1S/C14H15BrN4O2/c1-9-12(15)13(19(2)18-9)14(20)17-16-8-10-6-4-5-7-11(10)21-3/h4-8H,1-3H3,(H,17,20)/b16-8+. The Morgan fingerprint density at radius 1 is 1.48 bits per heavy atom. The molecular weight excluding hydrogens is 336 g/mol. The monoisotopic (exact) mass is 350 g/mol. The number of aromatic nitrogens is 2. The van der Waals surface area contributed by atoms with Gasteiger partial charge in [0.05, 0.1) is 23.5 Å². The van der Waals surface area contributed by atoms with Gasteiger partial charge in [-0.05, 0) is 35.0 Å². The molecule has 0 unspecified atom stereocenters. The molecule has 0 saturated heterocycles. The highest BCUT2D eigenvalue weighted by Gasteiger charge is 2.17. The number of carbonyl (C=O) groups is 1. The van der Waals surface area contributed by atoms with Crippen LogP contribution >= 0.6 is 15.9 Å². The molecule has 0 bridgehead atoms. The zero-order chi connectivity index (χ0) is 15.4. The van der Waals surface area contributed by atoms with E-state index >= 15 is 0 Å². The fourth-order valence-electron chi connectivity index (χ4n) is 1.87. The van der Waals surface area contributed by atoms with Crippen molar-refractivity contribution in [1.82, 2.24) is 15.2 Å². The highest BCUT2D eigenvalue weighted by atomic mass is 79.9. The molecular formula is C14H15BrN4O2. The largest absolute Gasteiger partial charge is 0.496 e. The van der Waals surface area contributed by atoms with Crippen LogP contribution in [0.15, 0.2) is 33.8 Å². The summed E-state index contributed by atoms with van der Waals surface area (Å²) in [6.45, 7) is 1.82. The molecule has 0 aliphatic rings. The van der Waals surface area contributed by atoms with Crippen LogP contribution in [0.5, 0.6) is 5.75 Å². The molecule has 1 N–H and O–H groups in total. The molecule has 2 rings (SSSR count). The summed E-state index contributed by atoms with van der Waals surface area (Å²) in [4.78, 5) is 12.1. The Morgan fingerprint density at radius 3 is 2.81 bits per heavy atom. The predicted octanol–water partition coefficient (Wildman–Crippen LogP) is 2.26. The van der Waals surface area contributed by atoms with E-state index in [2.05, 4.69) is 31.6 Å². The van der Waals surface area contributed by atoms with Crippen LogP contribution in [0.25, 0.3) is 0 Å². The number of benzene rings is 1. The average Bonchev–Trinajstić information content (AvgIpc) is 2.72. The van der Waals surface area contributed by atoms with E-state index < -0.39 is 0 Å². The molecule has 1 amide bonds. The van der Waals surface area contributed by atoms with Gasteiger partial charge < -0.3 is 4.74 Å². The van der Waals surface area contributed by atoms with E-state index in [1.165, 1.54) is 10.9 Å². The number of aryl methyl sites for hydroxylation is 2. The number of ether oxygens (including phenoxy) is 1. The van der Waals surface area contributed by atoms with E-state index in [0.717, 1.165) is 11.3 Å². The molecule has 0 radical (unpaired) electrons. The summed E-state index contributed by atoms with van der Waals surface area (Å²) in [6, 6.07) is 7.40. The Morgan fingerprint density at radius 2 is 2.19 bits per heavy atom. The normalized spacial score (nSPS) is 10.9. The average molecular weight is 351 g/mol. The maximum atomic E-state index is 12.1. The Balaban J connectivity index is 2.12. The molecule has 2 aromatic rings. The van der Waals surface area contributed by atoms with Crippen molar-refractivity contribution in [3.8, 4) is 5.75 Å². The molecule has 0 fully saturated rings. The SMILES string of the molecule is COc1ccccc1/C=N/NC(=O)c1c(Br)c(C)nn1C. The third-order valence-corrected chi connectivity index (χ3v) is 3.82. The molecule has 1 heterocycles. The first kappa shape index (κ1) is 15.2. The van der Waals surface area contributed by atoms with Crippen molar-refractivity contribution >= 4 is 28.1 Å². The number of hydrogen-bond donors (Lipinski definition) is 1. The van der Waals surface area contributed by atoms with Gasteiger partial charge in [0.2, 0.25) is 0 Å². The molecule has 7 heteroatoms. The number of halogens is 1. The summed E-state index contributed by atoms with van der Waals surface area (Å²) < 4.78 is 7.37. The number of carbonyl (C=O) groups excluding carboxylic acids is 1. The van der Waals surface area contributed by atoms with Crippen LogP contribution in [0.1, 0.15) is 21.7 Å². The van der Waals surface area contributed by atoms with Gasteiger partial charge >= 0.3 is 0 Å². The number of nitrogens with zero attached hydrogens (tertiary/aromatic N) is 3. The molecule has 0 saturated carbocycles. The summed E-state index contributed by atoms with van der Waals surface area (Å²) in [5.41, 5.74) is 4.42. The summed E-state index contributed by atoms with van der Waals surface area (Å²) in [5.74, 6) is 0.351. The lowest BCUT2D eigenvalue weighted by Gasteiger charge is -2.03. The molecule has 0 aliphatic carbocycles. The summed E-state index contributed by atoms with van der Waals surface area (Å²) >= 11 is 3.35. The lowest BCUT2D eigenvalue weighted by molar-refractivity contribution is 0.0945. The van der Waals surface area contributed by atoms with E-state index in [0.29, 0.717) is 15.9 Å². The maximum Gasteiger partial charge on any atom is 0.290 e. The first-order valence-electron chi connectivity index (χ1n) is 6.20. The van der Waals surface area contributed by atoms with Gasteiger partial charge in [0.25, 0.3) is 5.91 Å². The number of amides is 1. The van der Waals surface area contributed by atoms with Crippen LogP contribution in [0, 0.1) is 6.92 Å². The number of para-hydroxylation sites is 1. The van der Waals surface area contributed by atoms with Gasteiger partial charge in [-0.25, -0.2) is 5.43 Å². The van der Waals surface area contributed by atoms with Gasteiger partial charge in [0.15, 0.2) is 0 Å². The highest BCUT2D eigenvalue weighted by Crippen LogP contribution is 2.20. The van der Waals surface area contributed by atoms with Crippen molar-refractivity contribution in [3.63, 3.8) is 0 Å². The van der Waals surface area contributed by atoms with Crippen LogP contribution in [-0.4, -0.2) is 29.0 Å². The first-order valence-corrected chi connectivity index (χ1v) is 6.99. The lowest BCUT2D eigenvalue weighted by Crippen LogP contribution is -2.21. The third-order valence-electron chi connectivity index (χ3n) is 2.87. The van der Waals surface area contributed by atoms with Crippen LogP contribution < -0.4 is 10.2 Å². The van der Waals surface area contributed by atoms with E-state index in [1.54, 1.807) is 14.2 Å². The molecule has 1 aromatic heterocycles. The number of nitrogens with one attached hydrogen (secondary N) is 1. The predicted molar refractivity (Wildman–Crippen MR) is 83.7 cm³/mol. The Hall–Kier alpha value is -2.15. The lowest BCUT2D eigenvalue weighted by atomic mass is 10.2. The second kappa shape index (κ2) is 6.53. The van der Waals surface area contributed by atoms with Crippen molar-refractivity contribution in [3.05, 3.63) is 45.7 Å². The van der Waals surface area contributed by atoms with Crippen molar-refractivity contribution < 1.29 is 9.53 Å². The summed E-state index contributed by atoms with van der Waals surface area (Å²) in [7, 11) is 3.29. The van der Waals surface area contributed by atoms with Crippen LogP contribution in [0.3, 0.4) is 0 Å². The Bertz CT molecular complexity index is 694. The topological polar surface area (TPSA) is 68.5 Å². The second-order valence-electron chi connectivity index (χ2n) is 4.31. The summed E-state index contributed by atoms with van der Waals surface area (Å²) in [6.07, 6.45) is 1.54. The zero-order valence-electron chi connectivity index (χ0n) is 11.9. The van der Waals surface area contributed by atoms with Gasteiger partial charge in [-0.2, -0.15) is 10.2 Å². The Kier molecular flexibility index (Phi) is 4.74. The van der Waals surface area contributed by atoms with Gasteiger partial charge in [-0.1, -0.05) is 12.1 Å². The number of methoxy groups -OCH3 is 1. The highest BCUT2D eigenvalue weighted by molar-refractivity contribution is 9.10. The molecule has 1 aromatic carbocycles. The number of hydrazone groups is 1. The van der Waals surface area contributed by atoms with E-state index in [-0.39, 0.29) is 5.91 Å². The van der Waals surface area contributed by atoms with Gasteiger partial charge in [-0.3, -0.25) is 9.48 Å². The third kappa shape index (κ3) is 3.30. The molecule has 0 aliphatic heterocycles. The van der Waals surface area contributed by atoms with Gasteiger partial charge in [0, 0.05) is 12.6 Å². The summed E-state index contributed by atoms with van der Waals surface area (Å²) in [5, 5.41) is 8.11. The molecule has 0 atom stereocenters. The van der Waals surface area contributed by atoms with Crippen molar-refractivity contribution in [2.24, 2.45) is 12.1 Å². The number of hydrogen-bond acceptors (Lipinski definition) is 4. The smallest absolute Gasteiger partial charge is 0.290 e. The maximum absolute atomic E-state index is 12.1. The van der Waals surface area contributed by atoms with Gasteiger partial charge in [0.1, 0.15) is 11.4 Å². The molecule has 6 nitrogen and oxygen atoms in total. The second-order valence-corrected chi connectivity index (χ2v) is 5.11. The van der Waals surface area contributed by atoms with Crippen LogP contribution in [-0.2, 0) is 7.05 Å². The van der Waals surface area contributed by atoms with Crippen molar-refractivity contribution in [2.75, 3.05) is 7.11 Å². The Labute approximate surface area is 130 Å². The zero-order valence-corrected chi connectivity index (χ0v) is 13.5. The number of rotatable bonds is 4. The van der Waals surface area contributed by atoms with E-state index in [9.17, 15) is 4.79 Å². The van der Waals surface area contributed by atoms with Crippen molar-refractivity contribution in [2.45, 2.75) is 6.92 Å². The minimum Gasteiger partial charge on any atom is -0.496 e. The minimum absolute atomic E-state index is 0.337.